The number of carbonyl (C=O) groups is 1. The maximum atomic E-state index is 14.1. The van der Waals surface area contributed by atoms with Crippen LogP contribution in [0.4, 0.5) is 10.1 Å². The largest absolute Gasteiger partial charge is 0.494 e. The number of hydrogen-bond donors (Lipinski definition) is 1. The van der Waals surface area contributed by atoms with E-state index in [0.717, 1.165) is 9.87 Å². The Bertz CT molecular complexity index is 1180. The van der Waals surface area contributed by atoms with E-state index in [-0.39, 0.29) is 22.7 Å². The number of sulfonamides is 1. The fraction of sp³-hybridized carbons (Fsp3) is 0.174. The van der Waals surface area contributed by atoms with E-state index in [1.165, 1.54) is 49.5 Å². The number of benzene rings is 3. The number of anilines is 1. The second-order valence-corrected chi connectivity index (χ2v) is 8.68. The molecule has 31 heavy (non-hydrogen) atoms. The third-order valence-corrected chi connectivity index (χ3v) is 6.38. The number of halogens is 1. The number of carbonyl (C=O) groups excluding carboxylic acids is 1. The molecule has 0 saturated carbocycles. The molecule has 3 rings (SSSR count). The molecule has 0 radical (unpaired) electrons. The van der Waals surface area contributed by atoms with Crippen molar-refractivity contribution in [3.63, 3.8) is 0 Å². The van der Waals surface area contributed by atoms with Gasteiger partial charge in [-0.2, -0.15) is 0 Å². The number of amides is 1. The number of rotatable bonds is 8. The number of para-hydroxylation sites is 1. The first-order chi connectivity index (χ1) is 14.8. The second kappa shape index (κ2) is 9.61. The minimum atomic E-state index is -4.05. The molecule has 0 unspecified atom stereocenters. The summed E-state index contributed by atoms with van der Waals surface area (Å²) in [6.45, 7) is 2.68. The SMILES string of the molecule is CCOc1cccc(CNC(=O)c2cccc(S(=O)(=O)N(C)c3ccccc3F)c2)c1. The summed E-state index contributed by atoms with van der Waals surface area (Å²) < 4.78 is 46.3. The summed E-state index contributed by atoms with van der Waals surface area (Å²) in [6, 6.07) is 18.6. The summed E-state index contributed by atoms with van der Waals surface area (Å²) >= 11 is 0. The smallest absolute Gasteiger partial charge is 0.264 e. The van der Waals surface area contributed by atoms with Crippen LogP contribution in [0.2, 0.25) is 0 Å². The zero-order chi connectivity index (χ0) is 22.4. The lowest BCUT2D eigenvalue weighted by atomic mass is 10.2. The zero-order valence-electron chi connectivity index (χ0n) is 17.2. The van der Waals surface area contributed by atoms with Gasteiger partial charge in [0.25, 0.3) is 15.9 Å². The van der Waals surface area contributed by atoms with Crippen molar-refractivity contribution in [3.05, 3.63) is 89.7 Å². The summed E-state index contributed by atoms with van der Waals surface area (Å²) in [6.07, 6.45) is 0. The van der Waals surface area contributed by atoms with Gasteiger partial charge in [0.05, 0.1) is 17.2 Å². The minimum Gasteiger partial charge on any atom is -0.494 e. The van der Waals surface area contributed by atoms with Crippen LogP contribution in [0.1, 0.15) is 22.8 Å². The quantitative estimate of drug-likeness (QED) is 0.573. The van der Waals surface area contributed by atoms with Crippen molar-refractivity contribution in [3.8, 4) is 5.75 Å². The monoisotopic (exact) mass is 442 g/mol. The van der Waals surface area contributed by atoms with Crippen LogP contribution in [0.25, 0.3) is 0 Å². The number of nitrogens with zero attached hydrogens (tertiary/aromatic N) is 1. The van der Waals surface area contributed by atoms with Gasteiger partial charge in [-0.05, 0) is 55.0 Å². The lowest BCUT2D eigenvalue weighted by Gasteiger charge is -2.20. The van der Waals surface area contributed by atoms with E-state index in [0.29, 0.717) is 12.4 Å². The highest BCUT2D eigenvalue weighted by Crippen LogP contribution is 2.25. The Labute approximate surface area is 181 Å². The molecular weight excluding hydrogens is 419 g/mol. The Hall–Kier alpha value is -3.39. The van der Waals surface area contributed by atoms with E-state index in [1.54, 1.807) is 6.07 Å². The summed E-state index contributed by atoms with van der Waals surface area (Å²) in [4.78, 5) is 12.5. The van der Waals surface area contributed by atoms with Gasteiger partial charge in [-0.25, -0.2) is 12.8 Å². The van der Waals surface area contributed by atoms with Crippen molar-refractivity contribution >= 4 is 21.6 Å². The lowest BCUT2D eigenvalue weighted by molar-refractivity contribution is 0.0950. The van der Waals surface area contributed by atoms with Crippen LogP contribution in [0.3, 0.4) is 0 Å². The highest BCUT2D eigenvalue weighted by molar-refractivity contribution is 7.92. The molecule has 1 amide bonds. The van der Waals surface area contributed by atoms with Crippen LogP contribution in [0.15, 0.2) is 77.7 Å². The van der Waals surface area contributed by atoms with E-state index in [9.17, 15) is 17.6 Å². The van der Waals surface area contributed by atoms with Gasteiger partial charge in [0, 0.05) is 19.2 Å². The number of nitrogens with one attached hydrogen (secondary N) is 1. The molecular formula is C23H23FN2O4S. The van der Waals surface area contributed by atoms with Gasteiger partial charge in [-0.3, -0.25) is 9.10 Å². The standard InChI is InChI=1S/C23H23FN2O4S/c1-3-30-19-10-6-8-17(14-19)16-25-23(27)18-9-7-11-20(15-18)31(28,29)26(2)22-13-5-4-12-21(22)24/h4-15H,3,16H2,1-2H3,(H,25,27). The average Bonchev–Trinajstić information content (AvgIpc) is 2.78. The molecule has 3 aromatic carbocycles. The van der Waals surface area contributed by atoms with Gasteiger partial charge in [0.15, 0.2) is 0 Å². The average molecular weight is 443 g/mol. The molecule has 162 valence electrons. The molecule has 0 bridgehead atoms. The molecule has 0 aliphatic rings. The van der Waals surface area contributed by atoms with Gasteiger partial charge >= 0.3 is 0 Å². The highest BCUT2D eigenvalue weighted by Gasteiger charge is 2.24. The van der Waals surface area contributed by atoms with Crippen LogP contribution < -0.4 is 14.4 Å². The predicted octanol–water partition coefficient (Wildman–Crippen LogP) is 3.98. The first-order valence-electron chi connectivity index (χ1n) is 9.66. The van der Waals surface area contributed by atoms with Crippen molar-refractivity contribution in [1.82, 2.24) is 5.32 Å². The zero-order valence-corrected chi connectivity index (χ0v) is 18.0. The first kappa shape index (κ1) is 22.3. The van der Waals surface area contributed by atoms with Gasteiger partial charge in [0.2, 0.25) is 0 Å². The van der Waals surface area contributed by atoms with Crippen molar-refractivity contribution < 1.29 is 22.3 Å². The summed E-state index contributed by atoms with van der Waals surface area (Å²) in [5.74, 6) is -0.373. The Morgan fingerprint density at radius 1 is 1.03 bits per heavy atom. The molecule has 0 saturated heterocycles. The Morgan fingerprint density at radius 2 is 1.77 bits per heavy atom. The van der Waals surface area contributed by atoms with Crippen molar-refractivity contribution in [2.75, 3.05) is 18.0 Å². The molecule has 1 N–H and O–H groups in total. The second-order valence-electron chi connectivity index (χ2n) is 6.71. The molecule has 0 aliphatic heterocycles. The normalized spacial score (nSPS) is 11.1. The first-order valence-corrected chi connectivity index (χ1v) is 11.1. The van der Waals surface area contributed by atoms with E-state index >= 15 is 0 Å². The highest BCUT2D eigenvalue weighted by atomic mass is 32.2. The fourth-order valence-corrected chi connectivity index (χ4v) is 4.24. The van der Waals surface area contributed by atoms with Crippen LogP contribution in [0.5, 0.6) is 5.75 Å². The van der Waals surface area contributed by atoms with Gasteiger partial charge in [0.1, 0.15) is 11.6 Å². The Balaban J connectivity index is 1.77. The molecule has 6 nitrogen and oxygen atoms in total. The molecule has 0 fully saturated rings. The predicted molar refractivity (Wildman–Crippen MR) is 117 cm³/mol. The topological polar surface area (TPSA) is 75.7 Å². The fourth-order valence-electron chi connectivity index (χ4n) is 2.99. The van der Waals surface area contributed by atoms with Crippen LogP contribution in [0, 0.1) is 5.82 Å². The van der Waals surface area contributed by atoms with Crippen LogP contribution >= 0.6 is 0 Å². The molecule has 0 aliphatic carbocycles. The van der Waals surface area contributed by atoms with E-state index < -0.39 is 21.7 Å². The van der Waals surface area contributed by atoms with Crippen LogP contribution in [-0.2, 0) is 16.6 Å². The maximum absolute atomic E-state index is 14.1. The summed E-state index contributed by atoms with van der Waals surface area (Å²) in [7, 11) is -2.78. The van der Waals surface area contributed by atoms with Crippen molar-refractivity contribution in [2.24, 2.45) is 0 Å². The number of ether oxygens (including phenoxy) is 1. The molecule has 3 aromatic rings. The summed E-state index contributed by atoms with van der Waals surface area (Å²) in [5, 5.41) is 2.77. The molecule has 8 heteroatoms. The molecule has 0 atom stereocenters. The van der Waals surface area contributed by atoms with Gasteiger partial charge in [-0.15, -0.1) is 0 Å². The van der Waals surface area contributed by atoms with E-state index in [4.69, 9.17) is 4.74 Å². The maximum Gasteiger partial charge on any atom is 0.264 e. The van der Waals surface area contributed by atoms with Crippen LogP contribution in [-0.4, -0.2) is 28.0 Å². The van der Waals surface area contributed by atoms with E-state index in [2.05, 4.69) is 5.32 Å². The van der Waals surface area contributed by atoms with Crippen molar-refractivity contribution in [2.45, 2.75) is 18.4 Å². The minimum absolute atomic E-state index is 0.0773. The van der Waals surface area contributed by atoms with E-state index in [1.807, 2.05) is 31.2 Å². The van der Waals surface area contributed by atoms with Crippen molar-refractivity contribution in [1.29, 1.82) is 0 Å². The lowest BCUT2D eigenvalue weighted by Crippen LogP contribution is -2.28. The molecule has 0 heterocycles. The third kappa shape index (κ3) is 5.21. The molecule has 0 spiro atoms. The third-order valence-electron chi connectivity index (χ3n) is 4.61. The summed E-state index contributed by atoms with van der Waals surface area (Å²) in [5.41, 5.74) is 0.956. The van der Waals surface area contributed by atoms with Gasteiger partial charge in [-0.1, -0.05) is 30.3 Å². The van der Waals surface area contributed by atoms with Gasteiger partial charge < -0.3 is 10.1 Å². The Morgan fingerprint density at radius 3 is 2.52 bits per heavy atom. The number of hydrogen-bond acceptors (Lipinski definition) is 4. The Kier molecular flexibility index (Phi) is 6.91. The molecule has 0 aromatic heterocycles.